The summed E-state index contributed by atoms with van der Waals surface area (Å²) >= 11 is 0. The molecular formula is C23H18N2O. The molecule has 126 valence electrons. The summed E-state index contributed by atoms with van der Waals surface area (Å²) in [5.41, 5.74) is 5.76. The van der Waals surface area contributed by atoms with Gasteiger partial charge in [-0.2, -0.15) is 0 Å². The SMILES string of the molecule is COc1ccccc1-c1cc(-c2ccccc2)cc(-c2ccccn2)n1. The van der Waals surface area contributed by atoms with E-state index in [4.69, 9.17) is 9.72 Å². The number of rotatable bonds is 4. The summed E-state index contributed by atoms with van der Waals surface area (Å²) in [6.45, 7) is 0. The third kappa shape index (κ3) is 3.20. The van der Waals surface area contributed by atoms with Crippen molar-refractivity contribution in [2.75, 3.05) is 7.11 Å². The van der Waals surface area contributed by atoms with Crippen LogP contribution in [0.5, 0.6) is 5.75 Å². The van der Waals surface area contributed by atoms with Gasteiger partial charge in [0.05, 0.1) is 24.2 Å². The Hall–Kier alpha value is -3.46. The maximum atomic E-state index is 5.54. The number of hydrogen-bond donors (Lipinski definition) is 0. The van der Waals surface area contributed by atoms with E-state index in [0.29, 0.717) is 0 Å². The van der Waals surface area contributed by atoms with Crippen LogP contribution in [0.2, 0.25) is 0 Å². The van der Waals surface area contributed by atoms with Crippen molar-refractivity contribution in [1.29, 1.82) is 0 Å². The summed E-state index contributed by atoms with van der Waals surface area (Å²) in [5.74, 6) is 0.803. The molecule has 0 amide bonds. The standard InChI is InChI=1S/C23H18N2O/c1-26-23-13-6-5-11-19(23)21-15-18(17-9-3-2-4-10-17)16-22(25-21)20-12-7-8-14-24-20/h2-16H,1H3. The molecule has 4 rings (SSSR count). The molecule has 0 N–H and O–H groups in total. The summed E-state index contributed by atoms with van der Waals surface area (Å²) < 4.78 is 5.54. The monoisotopic (exact) mass is 338 g/mol. The third-order valence-corrected chi connectivity index (χ3v) is 4.24. The van der Waals surface area contributed by atoms with E-state index in [0.717, 1.165) is 39.5 Å². The lowest BCUT2D eigenvalue weighted by Gasteiger charge is -2.12. The van der Waals surface area contributed by atoms with Crippen molar-refractivity contribution in [3.8, 4) is 39.5 Å². The molecule has 0 saturated heterocycles. The number of para-hydroxylation sites is 1. The van der Waals surface area contributed by atoms with Crippen molar-refractivity contribution < 1.29 is 4.74 Å². The molecule has 26 heavy (non-hydrogen) atoms. The van der Waals surface area contributed by atoms with Crippen molar-refractivity contribution >= 4 is 0 Å². The maximum absolute atomic E-state index is 5.54. The number of nitrogens with zero attached hydrogens (tertiary/aromatic N) is 2. The van der Waals surface area contributed by atoms with Gasteiger partial charge < -0.3 is 4.74 Å². The molecule has 0 radical (unpaired) electrons. The van der Waals surface area contributed by atoms with Gasteiger partial charge in [0.15, 0.2) is 0 Å². The van der Waals surface area contributed by atoms with E-state index in [1.54, 1.807) is 13.3 Å². The third-order valence-electron chi connectivity index (χ3n) is 4.24. The molecule has 0 saturated carbocycles. The number of ether oxygens (including phenoxy) is 1. The van der Waals surface area contributed by atoms with Crippen molar-refractivity contribution in [3.63, 3.8) is 0 Å². The van der Waals surface area contributed by atoms with E-state index in [9.17, 15) is 0 Å². The summed E-state index contributed by atoms with van der Waals surface area (Å²) in [7, 11) is 1.68. The normalized spacial score (nSPS) is 10.5. The molecule has 2 heterocycles. The van der Waals surface area contributed by atoms with Gasteiger partial charge in [-0.15, -0.1) is 0 Å². The minimum absolute atomic E-state index is 0.803. The molecule has 0 fully saturated rings. The Kier molecular flexibility index (Phi) is 4.44. The molecule has 2 aromatic heterocycles. The van der Waals surface area contributed by atoms with Gasteiger partial charge in [-0.25, -0.2) is 4.98 Å². The van der Waals surface area contributed by atoms with E-state index >= 15 is 0 Å². The Bertz CT molecular complexity index is 957. The van der Waals surface area contributed by atoms with Gasteiger partial charge in [-0.3, -0.25) is 4.98 Å². The Morgan fingerprint density at radius 3 is 2.15 bits per heavy atom. The minimum Gasteiger partial charge on any atom is -0.496 e. The number of methoxy groups -OCH3 is 1. The van der Waals surface area contributed by atoms with Crippen LogP contribution in [0.3, 0.4) is 0 Å². The first kappa shape index (κ1) is 16.0. The second-order valence-corrected chi connectivity index (χ2v) is 5.91. The number of benzene rings is 2. The first-order valence-corrected chi connectivity index (χ1v) is 8.47. The van der Waals surface area contributed by atoms with Gasteiger partial charge in [0.1, 0.15) is 5.75 Å². The highest BCUT2D eigenvalue weighted by Gasteiger charge is 2.12. The first-order chi connectivity index (χ1) is 12.8. The molecule has 0 atom stereocenters. The zero-order valence-corrected chi connectivity index (χ0v) is 14.5. The van der Waals surface area contributed by atoms with Crippen molar-refractivity contribution in [2.24, 2.45) is 0 Å². The highest BCUT2D eigenvalue weighted by molar-refractivity contribution is 5.77. The van der Waals surface area contributed by atoms with E-state index < -0.39 is 0 Å². The lowest BCUT2D eigenvalue weighted by molar-refractivity contribution is 0.416. The predicted molar refractivity (Wildman–Crippen MR) is 105 cm³/mol. The van der Waals surface area contributed by atoms with E-state index in [1.165, 1.54) is 0 Å². The molecule has 0 spiro atoms. The molecule has 0 unspecified atom stereocenters. The Labute approximate surface area is 153 Å². The van der Waals surface area contributed by atoms with Crippen LogP contribution < -0.4 is 4.74 Å². The lowest BCUT2D eigenvalue weighted by Crippen LogP contribution is -1.94. The highest BCUT2D eigenvalue weighted by atomic mass is 16.5. The fourth-order valence-corrected chi connectivity index (χ4v) is 2.97. The lowest BCUT2D eigenvalue weighted by atomic mass is 10.0. The van der Waals surface area contributed by atoms with Crippen LogP contribution in [-0.2, 0) is 0 Å². The Morgan fingerprint density at radius 2 is 1.38 bits per heavy atom. The second-order valence-electron chi connectivity index (χ2n) is 5.91. The molecule has 3 nitrogen and oxygen atoms in total. The van der Waals surface area contributed by atoms with Crippen LogP contribution in [0.1, 0.15) is 0 Å². The quantitative estimate of drug-likeness (QED) is 0.494. The fourth-order valence-electron chi connectivity index (χ4n) is 2.97. The van der Waals surface area contributed by atoms with Crippen molar-refractivity contribution in [1.82, 2.24) is 9.97 Å². The Balaban J connectivity index is 1.94. The zero-order chi connectivity index (χ0) is 17.8. The number of pyridine rings is 2. The van der Waals surface area contributed by atoms with Gasteiger partial charge in [-0.05, 0) is 47.5 Å². The molecular weight excluding hydrogens is 320 g/mol. The smallest absolute Gasteiger partial charge is 0.128 e. The predicted octanol–water partition coefficient (Wildman–Crippen LogP) is 5.49. The van der Waals surface area contributed by atoms with Gasteiger partial charge in [0.25, 0.3) is 0 Å². The average Bonchev–Trinajstić information content (AvgIpc) is 2.74. The average molecular weight is 338 g/mol. The van der Waals surface area contributed by atoms with Crippen LogP contribution in [0, 0.1) is 0 Å². The molecule has 0 aliphatic rings. The van der Waals surface area contributed by atoms with Crippen LogP contribution >= 0.6 is 0 Å². The van der Waals surface area contributed by atoms with Gasteiger partial charge in [-0.1, -0.05) is 48.5 Å². The van der Waals surface area contributed by atoms with E-state index in [-0.39, 0.29) is 0 Å². The first-order valence-electron chi connectivity index (χ1n) is 8.47. The largest absolute Gasteiger partial charge is 0.496 e. The molecule has 4 aromatic rings. The molecule has 0 bridgehead atoms. The minimum atomic E-state index is 0.803. The van der Waals surface area contributed by atoms with Crippen LogP contribution in [0.4, 0.5) is 0 Å². The molecule has 0 aliphatic carbocycles. The second kappa shape index (κ2) is 7.19. The molecule has 0 aliphatic heterocycles. The van der Waals surface area contributed by atoms with Gasteiger partial charge in [0.2, 0.25) is 0 Å². The maximum Gasteiger partial charge on any atom is 0.128 e. The van der Waals surface area contributed by atoms with E-state index in [1.807, 2.05) is 60.7 Å². The summed E-state index contributed by atoms with van der Waals surface area (Å²) in [4.78, 5) is 9.33. The summed E-state index contributed by atoms with van der Waals surface area (Å²) in [5, 5.41) is 0. The van der Waals surface area contributed by atoms with Crippen LogP contribution in [0.15, 0.2) is 91.1 Å². The van der Waals surface area contributed by atoms with Crippen LogP contribution in [-0.4, -0.2) is 17.1 Å². The molecule has 3 heteroatoms. The molecule has 2 aromatic carbocycles. The topological polar surface area (TPSA) is 35.0 Å². The zero-order valence-electron chi connectivity index (χ0n) is 14.5. The fraction of sp³-hybridized carbons (Fsp3) is 0.0435. The van der Waals surface area contributed by atoms with Crippen molar-refractivity contribution in [2.45, 2.75) is 0 Å². The Morgan fingerprint density at radius 1 is 0.654 bits per heavy atom. The van der Waals surface area contributed by atoms with Gasteiger partial charge in [0, 0.05) is 11.8 Å². The summed E-state index contributed by atoms with van der Waals surface area (Å²) in [6, 6.07) is 28.3. The summed E-state index contributed by atoms with van der Waals surface area (Å²) in [6.07, 6.45) is 1.79. The van der Waals surface area contributed by atoms with E-state index in [2.05, 4.69) is 29.2 Å². The number of aromatic nitrogens is 2. The van der Waals surface area contributed by atoms with Crippen LogP contribution in [0.25, 0.3) is 33.8 Å². The van der Waals surface area contributed by atoms with Gasteiger partial charge >= 0.3 is 0 Å². The van der Waals surface area contributed by atoms with Crippen molar-refractivity contribution in [3.05, 3.63) is 91.1 Å². The number of hydrogen-bond acceptors (Lipinski definition) is 3. The highest BCUT2D eigenvalue weighted by Crippen LogP contribution is 2.33.